The number of aryl methyl sites for hydroxylation is 2. The quantitative estimate of drug-likeness (QED) is 0.314. The molecule has 0 aliphatic carbocycles. The van der Waals surface area contributed by atoms with Crippen molar-refractivity contribution < 1.29 is 18.3 Å². The maximum Gasteiger partial charge on any atom is 0.344 e. The predicted molar refractivity (Wildman–Crippen MR) is 131 cm³/mol. The molecule has 0 aliphatic heterocycles. The number of rotatable bonds is 5. The Morgan fingerprint density at radius 3 is 2.38 bits per heavy atom. The largest absolute Gasteiger partial charge is 0.493 e. The monoisotopic (exact) mass is 454 g/mol. The summed E-state index contributed by atoms with van der Waals surface area (Å²) < 4.78 is 22.2. The van der Waals surface area contributed by atoms with Gasteiger partial charge in [-0.05, 0) is 43.7 Å². The summed E-state index contributed by atoms with van der Waals surface area (Å²) in [6, 6.07) is 19.8. The topological polar surface area (TPSA) is 78.9 Å². The minimum atomic E-state index is -0.570. The van der Waals surface area contributed by atoms with Crippen molar-refractivity contribution in [3.63, 3.8) is 0 Å². The van der Waals surface area contributed by atoms with Gasteiger partial charge in [0, 0.05) is 28.5 Å². The Bertz CT molecular complexity index is 1640. The Morgan fingerprint density at radius 1 is 0.824 bits per heavy atom. The van der Waals surface area contributed by atoms with E-state index < -0.39 is 11.3 Å². The Balaban J connectivity index is 1.56. The molecule has 0 saturated carbocycles. The van der Waals surface area contributed by atoms with Gasteiger partial charge in [-0.25, -0.2) is 9.59 Å². The molecule has 0 aliphatic rings. The molecule has 34 heavy (non-hydrogen) atoms. The normalized spacial score (nSPS) is 11.1. The van der Waals surface area contributed by atoms with Crippen LogP contribution in [0.25, 0.3) is 33.1 Å². The maximum absolute atomic E-state index is 12.9. The molecule has 170 valence electrons. The van der Waals surface area contributed by atoms with E-state index in [1.165, 1.54) is 24.3 Å². The first-order chi connectivity index (χ1) is 16.4. The van der Waals surface area contributed by atoms with E-state index in [1.807, 2.05) is 26.0 Å². The zero-order valence-corrected chi connectivity index (χ0v) is 19.0. The number of para-hydroxylation sites is 1. The molecular weight excluding hydrogens is 432 g/mol. The lowest BCUT2D eigenvalue weighted by molar-refractivity contribution is 0.306. The molecule has 0 amide bonds. The average molecular weight is 454 g/mol. The van der Waals surface area contributed by atoms with Crippen molar-refractivity contribution in [1.29, 1.82) is 0 Å². The summed E-state index contributed by atoms with van der Waals surface area (Å²) in [6.45, 7) is 4.47. The number of hydrogen-bond acceptors (Lipinski definition) is 6. The van der Waals surface area contributed by atoms with E-state index in [0.717, 1.165) is 5.56 Å². The van der Waals surface area contributed by atoms with Crippen LogP contribution in [0, 0.1) is 13.8 Å². The SMILES string of the molecule is COc1cccc2cc(-c3cc(=O)oc4cc(OCc5cc(C)cc(C)c5)ccc34)c(=O)oc12. The van der Waals surface area contributed by atoms with Gasteiger partial charge in [0.15, 0.2) is 11.3 Å². The van der Waals surface area contributed by atoms with Gasteiger partial charge in [-0.2, -0.15) is 0 Å². The molecule has 0 radical (unpaired) electrons. The minimum Gasteiger partial charge on any atom is -0.493 e. The highest BCUT2D eigenvalue weighted by atomic mass is 16.5. The van der Waals surface area contributed by atoms with Gasteiger partial charge >= 0.3 is 11.3 Å². The van der Waals surface area contributed by atoms with E-state index in [9.17, 15) is 9.59 Å². The molecule has 0 N–H and O–H groups in total. The fourth-order valence-corrected chi connectivity index (χ4v) is 4.24. The van der Waals surface area contributed by atoms with E-state index in [-0.39, 0.29) is 5.56 Å². The summed E-state index contributed by atoms with van der Waals surface area (Å²) in [5.41, 5.74) is 3.63. The van der Waals surface area contributed by atoms with E-state index in [1.54, 1.807) is 30.3 Å². The number of fused-ring (bicyclic) bond motifs is 2. The number of ether oxygens (including phenoxy) is 2. The van der Waals surface area contributed by atoms with Gasteiger partial charge in [0.05, 0.1) is 12.7 Å². The van der Waals surface area contributed by atoms with Crippen LogP contribution >= 0.6 is 0 Å². The van der Waals surface area contributed by atoms with Crippen LogP contribution < -0.4 is 20.7 Å². The minimum absolute atomic E-state index is 0.266. The van der Waals surface area contributed by atoms with Crippen molar-refractivity contribution in [3.8, 4) is 22.6 Å². The van der Waals surface area contributed by atoms with Crippen LogP contribution in [0.3, 0.4) is 0 Å². The molecule has 0 bridgehead atoms. The average Bonchev–Trinajstić information content (AvgIpc) is 2.80. The first-order valence-electron chi connectivity index (χ1n) is 10.8. The van der Waals surface area contributed by atoms with Crippen molar-refractivity contribution in [2.75, 3.05) is 7.11 Å². The third-order valence-corrected chi connectivity index (χ3v) is 5.64. The molecule has 5 rings (SSSR count). The van der Waals surface area contributed by atoms with Crippen molar-refractivity contribution in [3.05, 3.63) is 104 Å². The summed E-state index contributed by atoms with van der Waals surface area (Å²) in [7, 11) is 1.51. The van der Waals surface area contributed by atoms with Gasteiger partial charge < -0.3 is 18.3 Å². The predicted octanol–water partition coefficient (Wildman–Crippen LogP) is 5.77. The van der Waals surface area contributed by atoms with E-state index in [2.05, 4.69) is 18.2 Å². The highest BCUT2D eigenvalue weighted by Crippen LogP contribution is 2.32. The van der Waals surface area contributed by atoms with Crippen molar-refractivity contribution in [1.82, 2.24) is 0 Å². The molecular formula is C28H22O6. The molecule has 0 atom stereocenters. The summed E-state index contributed by atoms with van der Waals surface area (Å²) in [5.74, 6) is 1.02. The summed E-state index contributed by atoms with van der Waals surface area (Å²) >= 11 is 0. The van der Waals surface area contributed by atoms with Crippen LogP contribution in [0.2, 0.25) is 0 Å². The zero-order chi connectivity index (χ0) is 23.8. The number of hydrogen-bond donors (Lipinski definition) is 0. The van der Waals surface area contributed by atoms with E-state index in [4.69, 9.17) is 18.3 Å². The fourth-order valence-electron chi connectivity index (χ4n) is 4.24. The van der Waals surface area contributed by atoms with Crippen LogP contribution in [-0.2, 0) is 6.61 Å². The lowest BCUT2D eigenvalue weighted by Crippen LogP contribution is -2.07. The molecule has 0 unspecified atom stereocenters. The molecule has 6 nitrogen and oxygen atoms in total. The Labute approximate surface area is 195 Å². The molecule has 0 saturated heterocycles. The van der Waals surface area contributed by atoms with Crippen LogP contribution in [0.5, 0.6) is 11.5 Å². The second kappa shape index (κ2) is 8.56. The van der Waals surface area contributed by atoms with Gasteiger partial charge in [0.1, 0.15) is 17.9 Å². The van der Waals surface area contributed by atoms with Gasteiger partial charge in [-0.3, -0.25) is 0 Å². The van der Waals surface area contributed by atoms with Crippen LogP contribution in [-0.4, -0.2) is 7.11 Å². The highest BCUT2D eigenvalue weighted by Gasteiger charge is 2.16. The third-order valence-electron chi connectivity index (χ3n) is 5.64. The smallest absolute Gasteiger partial charge is 0.344 e. The fraction of sp³-hybridized carbons (Fsp3) is 0.143. The standard InChI is InChI=1S/C28H22O6/c1-16-9-17(2)11-18(10-16)15-32-20-7-8-21-22(14-26(29)33-25(21)13-20)23-12-19-5-4-6-24(31-3)27(19)34-28(23)30/h4-14H,15H2,1-3H3. The second-order valence-corrected chi connectivity index (χ2v) is 8.25. The van der Waals surface area contributed by atoms with Crippen LogP contribution in [0.15, 0.2) is 85.2 Å². The molecule has 3 aromatic carbocycles. The van der Waals surface area contributed by atoms with Gasteiger partial charge in [0.25, 0.3) is 0 Å². The molecule has 0 spiro atoms. The molecule has 2 heterocycles. The first-order valence-corrected chi connectivity index (χ1v) is 10.8. The molecule has 5 aromatic rings. The maximum atomic E-state index is 12.9. The Hall–Kier alpha value is -4.32. The van der Waals surface area contributed by atoms with Crippen molar-refractivity contribution in [2.24, 2.45) is 0 Å². The van der Waals surface area contributed by atoms with E-state index >= 15 is 0 Å². The lowest BCUT2D eigenvalue weighted by Gasteiger charge is -2.10. The third kappa shape index (κ3) is 4.06. The summed E-state index contributed by atoms with van der Waals surface area (Å²) in [6.07, 6.45) is 0. The van der Waals surface area contributed by atoms with Gasteiger partial charge in [-0.1, -0.05) is 41.5 Å². The first kappa shape index (κ1) is 21.5. The van der Waals surface area contributed by atoms with Crippen molar-refractivity contribution in [2.45, 2.75) is 20.5 Å². The Kier molecular flexibility index (Phi) is 5.42. The summed E-state index contributed by atoms with van der Waals surface area (Å²) in [5, 5.41) is 1.29. The zero-order valence-electron chi connectivity index (χ0n) is 19.0. The second-order valence-electron chi connectivity index (χ2n) is 8.25. The highest BCUT2D eigenvalue weighted by molar-refractivity contribution is 5.96. The van der Waals surface area contributed by atoms with Crippen molar-refractivity contribution >= 4 is 21.9 Å². The number of benzene rings is 3. The Morgan fingerprint density at radius 2 is 1.62 bits per heavy atom. The van der Waals surface area contributed by atoms with Crippen LogP contribution in [0.1, 0.15) is 16.7 Å². The number of methoxy groups -OCH3 is 1. The molecule has 6 heteroatoms. The molecule has 0 fully saturated rings. The lowest BCUT2D eigenvalue weighted by atomic mass is 10.0. The van der Waals surface area contributed by atoms with Gasteiger partial charge in [-0.15, -0.1) is 0 Å². The van der Waals surface area contributed by atoms with Gasteiger partial charge in [0.2, 0.25) is 0 Å². The van der Waals surface area contributed by atoms with Crippen LogP contribution in [0.4, 0.5) is 0 Å². The summed E-state index contributed by atoms with van der Waals surface area (Å²) in [4.78, 5) is 25.2. The van der Waals surface area contributed by atoms with E-state index in [0.29, 0.717) is 45.6 Å². The molecule has 2 aromatic heterocycles.